The molecule has 0 spiro atoms. The van der Waals surface area contributed by atoms with E-state index in [1.807, 2.05) is 0 Å². The van der Waals surface area contributed by atoms with E-state index in [0.29, 0.717) is 30.4 Å². The highest BCUT2D eigenvalue weighted by Gasteiger charge is 2.29. The van der Waals surface area contributed by atoms with Crippen LogP contribution in [0.2, 0.25) is 0 Å². The summed E-state index contributed by atoms with van der Waals surface area (Å²) in [6.45, 7) is 0.536. The molecule has 3 aromatic heterocycles. The van der Waals surface area contributed by atoms with Crippen LogP contribution in [0.5, 0.6) is 0 Å². The quantitative estimate of drug-likeness (QED) is 0.552. The maximum absolute atomic E-state index is 14.5. The molecule has 1 saturated heterocycles. The summed E-state index contributed by atoms with van der Waals surface area (Å²) in [7, 11) is 0. The Morgan fingerprint density at radius 1 is 1.15 bits per heavy atom. The molecule has 12 heteroatoms. The van der Waals surface area contributed by atoms with E-state index >= 15 is 0 Å². The summed E-state index contributed by atoms with van der Waals surface area (Å²) in [5.74, 6) is -1.01. The second kappa shape index (κ2) is 8.83. The molecule has 2 amide bonds. The lowest BCUT2D eigenvalue weighted by atomic mass is 9.91. The molecule has 174 valence electrons. The summed E-state index contributed by atoms with van der Waals surface area (Å²) in [6, 6.07) is 0.781. The number of alkyl halides is 1. The Morgan fingerprint density at radius 3 is 2.82 bits per heavy atom. The second-order valence-corrected chi connectivity index (χ2v) is 8.50. The van der Waals surface area contributed by atoms with Gasteiger partial charge in [0.1, 0.15) is 17.7 Å². The van der Waals surface area contributed by atoms with Crippen LogP contribution < -0.4 is 10.6 Å². The van der Waals surface area contributed by atoms with Crippen molar-refractivity contribution in [1.29, 1.82) is 0 Å². The van der Waals surface area contributed by atoms with Crippen molar-refractivity contribution in [3.63, 3.8) is 0 Å². The van der Waals surface area contributed by atoms with Gasteiger partial charge in [-0.3, -0.25) is 5.10 Å². The van der Waals surface area contributed by atoms with Crippen LogP contribution >= 0.6 is 0 Å². The number of H-pyrrole nitrogens is 1. The summed E-state index contributed by atoms with van der Waals surface area (Å²) >= 11 is 0. The molecule has 0 bridgehead atoms. The molecule has 0 aromatic carbocycles. The first-order chi connectivity index (χ1) is 16.0. The van der Waals surface area contributed by atoms with Crippen LogP contribution in [0, 0.1) is 11.6 Å². The van der Waals surface area contributed by atoms with Crippen molar-refractivity contribution < 1.29 is 18.0 Å². The van der Waals surface area contributed by atoms with E-state index in [-0.39, 0.29) is 42.0 Å². The van der Waals surface area contributed by atoms with E-state index in [2.05, 4.69) is 35.8 Å². The number of nitrogens with one attached hydrogen (secondary N) is 3. The van der Waals surface area contributed by atoms with Crippen molar-refractivity contribution in [2.45, 2.75) is 50.4 Å². The normalized spacial score (nSPS) is 23.1. The van der Waals surface area contributed by atoms with Crippen LogP contribution in [0.15, 0.2) is 18.5 Å². The van der Waals surface area contributed by atoms with E-state index in [4.69, 9.17) is 0 Å². The number of hydrogen-bond acceptors (Lipinski definition) is 6. The number of halogens is 3. The van der Waals surface area contributed by atoms with E-state index in [1.54, 1.807) is 0 Å². The molecular weight excluding hydrogens is 437 g/mol. The van der Waals surface area contributed by atoms with Crippen LogP contribution in [0.1, 0.15) is 32.1 Å². The Morgan fingerprint density at radius 2 is 2.00 bits per heavy atom. The lowest BCUT2D eigenvalue weighted by Crippen LogP contribution is -2.47. The van der Waals surface area contributed by atoms with E-state index < -0.39 is 17.8 Å². The largest absolute Gasteiger partial charge is 0.365 e. The summed E-state index contributed by atoms with van der Waals surface area (Å²) < 4.78 is 41.5. The highest BCUT2D eigenvalue weighted by atomic mass is 19.1. The molecule has 1 saturated carbocycles. The molecule has 4 heterocycles. The van der Waals surface area contributed by atoms with Gasteiger partial charge in [-0.2, -0.15) is 5.10 Å². The van der Waals surface area contributed by atoms with Gasteiger partial charge >= 0.3 is 6.03 Å². The van der Waals surface area contributed by atoms with Gasteiger partial charge in [-0.1, -0.05) is 0 Å². The average Bonchev–Trinajstić information content (AvgIpc) is 3.42. The first-order valence-electron chi connectivity index (χ1n) is 10.9. The van der Waals surface area contributed by atoms with E-state index in [9.17, 15) is 18.0 Å². The molecule has 2 aliphatic rings. The Bertz CT molecular complexity index is 1170. The monoisotopic (exact) mass is 460 g/mol. The number of carbonyl (C=O) groups is 1. The van der Waals surface area contributed by atoms with Crippen molar-refractivity contribution in [1.82, 2.24) is 35.4 Å². The number of amides is 2. The number of urea groups is 1. The first kappa shape index (κ1) is 21.4. The molecule has 3 aromatic rings. The van der Waals surface area contributed by atoms with E-state index in [0.717, 1.165) is 31.7 Å². The molecule has 5 rings (SSSR count). The summed E-state index contributed by atoms with van der Waals surface area (Å²) in [6.07, 6.45) is 4.51. The predicted octanol–water partition coefficient (Wildman–Crippen LogP) is 3.17. The molecule has 0 unspecified atom stereocenters. The van der Waals surface area contributed by atoms with Crippen LogP contribution in [-0.4, -0.2) is 67.4 Å². The van der Waals surface area contributed by atoms with Crippen LogP contribution in [-0.2, 0) is 0 Å². The zero-order chi connectivity index (χ0) is 22.9. The first-order valence-corrected chi connectivity index (χ1v) is 10.9. The third-order valence-corrected chi connectivity index (χ3v) is 6.10. The minimum atomic E-state index is -0.967. The molecule has 2 fully saturated rings. The number of anilines is 1. The van der Waals surface area contributed by atoms with Gasteiger partial charge in [0, 0.05) is 18.6 Å². The van der Waals surface area contributed by atoms with Crippen LogP contribution in [0.25, 0.3) is 22.6 Å². The Balaban J connectivity index is 1.29. The van der Waals surface area contributed by atoms with E-state index in [1.165, 1.54) is 11.0 Å². The number of likely N-dealkylation sites (tertiary alicyclic amines) is 1. The fourth-order valence-corrected chi connectivity index (χ4v) is 4.44. The third-order valence-electron chi connectivity index (χ3n) is 6.10. The summed E-state index contributed by atoms with van der Waals surface area (Å²) in [4.78, 5) is 26.1. The van der Waals surface area contributed by atoms with Crippen molar-refractivity contribution in [2.24, 2.45) is 0 Å². The number of rotatable bonds is 4. The molecule has 1 aliphatic carbocycles. The number of carbonyl (C=O) groups excluding carboxylic acids is 1. The molecule has 1 aliphatic heterocycles. The van der Waals surface area contributed by atoms with Gasteiger partial charge in [0.15, 0.2) is 23.1 Å². The number of pyridine rings is 1. The zero-order valence-electron chi connectivity index (χ0n) is 17.7. The van der Waals surface area contributed by atoms with Crippen molar-refractivity contribution in [2.75, 3.05) is 18.4 Å². The van der Waals surface area contributed by atoms with Gasteiger partial charge in [0.25, 0.3) is 0 Å². The van der Waals surface area contributed by atoms with Gasteiger partial charge in [-0.05, 0) is 38.2 Å². The summed E-state index contributed by atoms with van der Waals surface area (Å²) in [5.41, 5.74) is 0.641. The lowest BCUT2D eigenvalue weighted by molar-refractivity contribution is 0.195. The second-order valence-electron chi connectivity index (χ2n) is 8.50. The number of aromatic amines is 1. The molecular formula is C21H23F3N8O. The minimum Gasteiger partial charge on any atom is -0.365 e. The Labute approximate surface area is 187 Å². The van der Waals surface area contributed by atoms with Gasteiger partial charge < -0.3 is 15.5 Å². The number of aromatic nitrogens is 5. The number of nitrogens with zero attached hydrogens (tertiary/aromatic N) is 5. The Kier molecular flexibility index (Phi) is 5.73. The number of hydrogen-bond donors (Lipinski definition) is 3. The molecule has 0 radical (unpaired) electrons. The number of fused-ring (bicyclic) bond motifs is 1. The zero-order valence-corrected chi connectivity index (χ0v) is 17.7. The molecule has 3 N–H and O–H groups in total. The van der Waals surface area contributed by atoms with Gasteiger partial charge in [0.05, 0.1) is 24.3 Å². The standard InChI is InChI=1S/C21H23F3N8O/c22-11-4-5-32(10-11)21(33)28-14-3-1-2-13(7-14)27-19-16(24)9-26-20(29-19)17-15-6-12(23)8-25-18(15)31-30-17/h6,8-9,11,13-14H,1-5,7,10H2,(H,28,33)(H,25,30,31)(H,26,27,29)/t11-,13+,14-/m1/s1. The van der Waals surface area contributed by atoms with Crippen LogP contribution in [0.4, 0.5) is 23.8 Å². The van der Waals surface area contributed by atoms with Crippen molar-refractivity contribution >= 4 is 22.9 Å². The lowest BCUT2D eigenvalue weighted by Gasteiger charge is -2.31. The highest BCUT2D eigenvalue weighted by molar-refractivity contribution is 5.88. The SMILES string of the molecule is O=C(N[C@@H]1CCC[C@H](Nc2nc(-c3n[nH]c4ncc(F)cc34)ncc2F)C1)N1CC[C@@H](F)C1. The highest BCUT2D eigenvalue weighted by Crippen LogP contribution is 2.27. The summed E-state index contributed by atoms with van der Waals surface area (Å²) in [5, 5.41) is 13.3. The third kappa shape index (κ3) is 4.55. The Hall–Kier alpha value is -3.44. The molecule has 33 heavy (non-hydrogen) atoms. The fourth-order valence-electron chi connectivity index (χ4n) is 4.44. The van der Waals surface area contributed by atoms with Crippen molar-refractivity contribution in [3.8, 4) is 11.5 Å². The molecule has 9 nitrogen and oxygen atoms in total. The topological polar surface area (TPSA) is 112 Å². The van der Waals surface area contributed by atoms with Gasteiger partial charge in [0.2, 0.25) is 0 Å². The molecule has 3 atom stereocenters. The maximum atomic E-state index is 14.5. The van der Waals surface area contributed by atoms with Crippen LogP contribution in [0.3, 0.4) is 0 Å². The predicted molar refractivity (Wildman–Crippen MR) is 114 cm³/mol. The van der Waals surface area contributed by atoms with Gasteiger partial charge in [-0.25, -0.2) is 32.9 Å². The van der Waals surface area contributed by atoms with Crippen molar-refractivity contribution in [3.05, 3.63) is 30.1 Å². The smallest absolute Gasteiger partial charge is 0.317 e. The minimum absolute atomic E-state index is 0.0114. The average molecular weight is 460 g/mol. The fraction of sp³-hybridized carbons (Fsp3) is 0.476. The van der Waals surface area contributed by atoms with Gasteiger partial charge in [-0.15, -0.1) is 0 Å². The maximum Gasteiger partial charge on any atom is 0.317 e.